The summed E-state index contributed by atoms with van der Waals surface area (Å²) in [5.41, 5.74) is 0.564. The third kappa shape index (κ3) is 1.57. The molecule has 3 rings (SSSR count). The SMILES string of the molecule is OC1(C2=COCCC2)CCN2CCCCC21. The zero-order chi connectivity index (χ0) is 11.0. The fraction of sp³-hybridized carbons (Fsp3) is 0.846. The summed E-state index contributed by atoms with van der Waals surface area (Å²) in [6.45, 7) is 3.04. The third-order valence-electron chi connectivity index (χ3n) is 4.44. The Labute approximate surface area is 97.1 Å². The van der Waals surface area contributed by atoms with Crippen LogP contribution in [0.5, 0.6) is 0 Å². The first-order valence-corrected chi connectivity index (χ1v) is 6.58. The van der Waals surface area contributed by atoms with Crippen molar-refractivity contribution in [1.29, 1.82) is 0 Å². The van der Waals surface area contributed by atoms with Gasteiger partial charge in [-0.3, -0.25) is 4.90 Å². The molecule has 2 saturated heterocycles. The molecule has 2 atom stereocenters. The Balaban J connectivity index is 1.83. The molecule has 3 heterocycles. The molecule has 3 heteroatoms. The molecule has 0 aromatic rings. The molecule has 0 aliphatic carbocycles. The number of fused-ring (bicyclic) bond motifs is 1. The molecule has 0 aromatic heterocycles. The van der Waals surface area contributed by atoms with Crippen LogP contribution in [0.1, 0.15) is 38.5 Å². The molecule has 2 unspecified atom stereocenters. The number of piperidine rings is 1. The van der Waals surface area contributed by atoms with Crippen LogP contribution in [0.15, 0.2) is 11.8 Å². The third-order valence-corrected chi connectivity index (χ3v) is 4.44. The molecular formula is C13H21NO2. The summed E-state index contributed by atoms with van der Waals surface area (Å²) in [6.07, 6.45) is 8.50. The minimum Gasteiger partial charge on any atom is -0.501 e. The summed E-state index contributed by atoms with van der Waals surface area (Å²) >= 11 is 0. The van der Waals surface area contributed by atoms with Crippen molar-refractivity contribution in [1.82, 2.24) is 4.90 Å². The van der Waals surface area contributed by atoms with Crippen molar-refractivity contribution in [3.05, 3.63) is 11.8 Å². The van der Waals surface area contributed by atoms with Crippen LogP contribution in [-0.4, -0.2) is 41.3 Å². The zero-order valence-electron chi connectivity index (χ0n) is 9.82. The Bertz CT molecular complexity index is 302. The summed E-state index contributed by atoms with van der Waals surface area (Å²) in [5, 5.41) is 10.9. The van der Waals surface area contributed by atoms with E-state index in [9.17, 15) is 5.11 Å². The first-order chi connectivity index (χ1) is 7.81. The van der Waals surface area contributed by atoms with Gasteiger partial charge in [0.15, 0.2) is 0 Å². The topological polar surface area (TPSA) is 32.7 Å². The Morgan fingerprint density at radius 1 is 1.31 bits per heavy atom. The highest BCUT2D eigenvalue weighted by atomic mass is 16.5. The normalized spacial score (nSPS) is 40.1. The lowest BCUT2D eigenvalue weighted by Gasteiger charge is -2.39. The highest BCUT2D eigenvalue weighted by Crippen LogP contribution is 2.41. The maximum Gasteiger partial charge on any atom is 0.106 e. The van der Waals surface area contributed by atoms with Gasteiger partial charge >= 0.3 is 0 Å². The van der Waals surface area contributed by atoms with Gasteiger partial charge in [0.1, 0.15) is 5.60 Å². The van der Waals surface area contributed by atoms with Crippen molar-refractivity contribution in [2.45, 2.75) is 50.2 Å². The maximum atomic E-state index is 10.9. The first-order valence-electron chi connectivity index (χ1n) is 6.58. The minimum absolute atomic E-state index is 0.356. The van der Waals surface area contributed by atoms with Gasteiger partial charge in [-0.15, -0.1) is 0 Å². The maximum absolute atomic E-state index is 10.9. The second kappa shape index (κ2) is 4.04. The van der Waals surface area contributed by atoms with E-state index in [1.165, 1.54) is 19.4 Å². The van der Waals surface area contributed by atoms with Crippen LogP contribution in [0, 0.1) is 0 Å². The number of ether oxygens (including phenoxy) is 1. The highest BCUT2D eigenvalue weighted by molar-refractivity contribution is 5.23. The summed E-state index contributed by atoms with van der Waals surface area (Å²) < 4.78 is 5.40. The van der Waals surface area contributed by atoms with Gasteiger partial charge in [0.05, 0.1) is 12.9 Å². The number of hydrogen-bond donors (Lipinski definition) is 1. The smallest absolute Gasteiger partial charge is 0.106 e. The summed E-state index contributed by atoms with van der Waals surface area (Å²) in [4.78, 5) is 2.47. The van der Waals surface area contributed by atoms with E-state index in [-0.39, 0.29) is 0 Å². The second-order valence-electron chi connectivity index (χ2n) is 5.34. The van der Waals surface area contributed by atoms with Crippen molar-refractivity contribution in [2.24, 2.45) is 0 Å². The quantitative estimate of drug-likeness (QED) is 0.734. The van der Waals surface area contributed by atoms with Gasteiger partial charge < -0.3 is 9.84 Å². The van der Waals surface area contributed by atoms with Crippen LogP contribution in [-0.2, 0) is 4.74 Å². The average Bonchev–Trinajstić information content (AvgIpc) is 2.71. The highest BCUT2D eigenvalue weighted by Gasteiger charge is 2.49. The van der Waals surface area contributed by atoms with Crippen LogP contribution < -0.4 is 0 Å². The average molecular weight is 223 g/mol. The molecule has 0 spiro atoms. The second-order valence-corrected chi connectivity index (χ2v) is 5.34. The van der Waals surface area contributed by atoms with Crippen molar-refractivity contribution in [3.8, 4) is 0 Å². The van der Waals surface area contributed by atoms with E-state index in [1.807, 2.05) is 6.26 Å². The number of rotatable bonds is 1. The van der Waals surface area contributed by atoms with E-state index in [0.29, 0.717) is 6.04 Å². The molecule has 0 aromatic carbocycles. The fourth-order valence-electron chi connectivity index (χ4n) is 3.54. The number of aliphatic hydroxyl groups is 1. The van der Waals surface area contributed by atoms with Gasteiger partial charge in [-0.05, 0) is 44.2 Å². The van der Waals surface area contributed by atoms with Gasteiger partial charge in [0, 0.05) is 12.6 Å². The zero-order valence-corrected chi connectivity index (χ0v) is 9.82. The predicted molar refractivity (Wildman–Crippen MR) is 62.0 cm³/mol. The molecule has 16 heavy (non-hydrogen) atoms. The van der Waals surface area contributed by atoms with Crippen LogP contribution >= 0.6 is 0 Å². The van der Waals surface area contributed by atoms with Gasteiger partial charge in [-0.2, -0.15) is 0 Å². The summed E-state index contributed by atoms with van der Waals surface area (Å²) in [6, 6.07) is 0.356. The standard InChI is InChI=1S/C13H21NO2/c15-13(11-4-3-9-16-10-11)6-8-14-7-2-1-5-12(13)14/h10,12,15H,1-9H2. The largest absolute Gasteiger partial charge is 0.501 e. The lowest BCUT2D eigenvalue weighted by atomic mass is 9.81. The van der Waals surface area contributed by atoms with E-state index in [1.54, 1.807) is 0 Å². The van der Waals surface area contributed by atoms with Crippen LogP contribution in [0.2, 0.25) is 0 Å². The lowest BCUT2D eigenvalue weighted by molar-refractivity contribution is 0.0116. The fourth-order valence-corrected chi connectivity index (χ4v) is 3.54. The Kier molecular flexibility index (Phi) is 2.68. The molecule has 0 amide bonds. The molecular weight excluding hydrogens is 202 g/mol. The van der Waals surface area contributed by atoms with E-state index >= 15 is 0 Å². The number of hydrogen-bond acceptors (Lipinski definition) is 3. The summed E-state index contributed by atoms with van der Waals surface area (Å²) in [5.74, 6) is 0. The van der Waals surface area contributed by atoms with Crippen molar-refractivity contribution < 1.29 is 9.84 Å². The monoisotopic (exact) mass is 223 g/mol. The van der Waals surface area contributed by atoms with Crippen LogP contribution in [0.25, 0.3) is 0 Å². The van der Waals surface area contributed by atoms with Crippen molar-refractivity contribution in [2.75, 3.05) is 19.7 Å². The molecule has 90 valence electrons. The van der Waals surface area contributed by atoms with Gasteiger partial charge in [0.2, 0.25) is 0 Å². The van der Waals surface area contributed by atoms with Crippen molar-refractivity contribution >= 4 is 0 Å². The van der Waals surface area contributed by atoms with Gasteiger partial charge in [0.25, 0.3) is 0 Å². The van der Waals surface area contributed by atoms with Gasteiger partial charge in [-0.1, -0.05) is 6.42 Å². The Morgan fingerprint density at radius 3 is 3.06 bits per heavy atom. The molecule has 3 aliphatic rings. The molecule has 2 fully saturated rings. The number of nitrogens with zero attached hydrogens (tertiary/aromatic N) is 1. The first kappa shape index (κ1) is 10.6. The molecule has 0 radical (unpaired) electrons. The molecule has 3 aliphatic heterocycles. The lowest BCUT2D eigenvalue weighted by Crippen LogP contribution is -2.48. The van der Waals surface area contributed by atoms with Gasteiger partial charge in [-0.25, -0.2) is 0 Å². The van der Waals surface area contributed by atoms with E-state index in [0.717, 1.165) is 44.4 Å². The molecule has 0 saturated carbocycles. The molecule has 1 N–H and O–H groups in total. The van der Waals surface area contributed by atoms with E-state index in [2.05, 4.69) is 4.90 Å². The molecule has 3 nitrogen and oxygen atoms in total. The predicted octanol–water partition coefficient (Wildman–Crippen LogP) is 1.67. The molecule has 0 bridgehead atoms. The summed E-state index contributed by atoms with van der Waals surface area (Å²) in [7, 11) is 0. The Morgan fingerprint density at radius 2 is 2.25 bits per heavy atom. The van der Waals surface area contributed by atoms with Crippen LogP contribution in [0.3, 0.4) is 0 Å². The van der Waals surface area contributed by atoms with E-state index < -0.39 is 5.60 Å². The van der Waals surface area contributed by atoms with E-state index in [4.69, 9.17) is 4.74 Å². The minimum atomic E-state index is -0.582. The Hall–Kier alpha value is -0.540. The van der Waals surface area contributed by atoms with Crippen LogP contribution in [0.4, 0.5) is 0 Å². The van der Waals surface area contributed by atoms with Crippen molar-refractivity contribution in [3.63, 3.8) is 0 Å².